The fraction of sp³-hybridized carbons (Fsp3) is 0.182. The van der Waals surface area contributed by atoms with Gasteiger partial charge < -0.3 is 34.8 Å². The van der Waals surface area contributed by atoms with Crippen LogP contribution in [0.2, 0.25) is 0 Å². The van der Waals surface area contributed by atoms with Crippen molar-refractivity contribution in [2.24, 2.45) is 0 Å². The summed E-state index contributed by atoms with van der Waals surface area (Å²) in [6, 6.07) is 43.5. The maximum Gasteiger partial charge on any atom is 0.327 e. The highest BCUT2D eigenvalue weighted by atomic mass is 16.4. The normalized spacial score (nSPS) is 16.6. The molecule has 2 saturated heterocycles. The molecule has 11 rings (SSSR count). The lowest BCUT2D eigenvalue weighted by atomic mass is 10.0. The highest BCUT2D eigenvalue weighted by Gasteiger charge is 2.41. The SMILES string of the molecule is O=C(Nc1ccc(-c2cnc(-c3ccc(NC(=O)C4CCCN4C(=O)C(c4ccccc4)n4c(=O)[nH]c5ccccc54)cc3)o2)cc1)C1CCCN1C(=O)C(c1ccccc1)n1c(=O)[nH]c2ccccc21. The predicted octanol–water partition coefficient (Wildman–Crippen LogP) is 7.73. The number of nitrogens with zero attached hydrogens (tertiary/aromatic N) is 5. The maximum atomic E-state index is 14.5. The number of aromatic amines is 2. The topological polar surface area (TPSA) is 200 Å². The monoisotopic (exact) mass is 945 g/mol. The summed E-state index contributed by atoms with van der Waals surface area (Å²) in [5.74, 6) is -0.473. The van der Waals surface area contributed by atoms with Crippen LogP contribution in [0, 0.1) is 0 Å². The standard InChI is InChI=1S/C55H47N9O7/c65-49(44-21-11-31-61(44)52(67)47(35-13-3-1-4-14-35)63-42-19-9-7-17-40(42)59-54(63)69)57-38-27-23-34(24-28-38)46-33-56-51(71-46)37-25-29-39(30-26-37)58-50(66)45-22-12-32-62(45)53(68)48(36-15-5-2-6-16-36)64-43-20-10-8-18-41(43)60-55(64)70/h1-10,13-20,23-30,33,44-45,47-48H,11-12,21-22,31-32H2,(H,57,65)(H,58,66)(H,59,69)(H,60,70). The van der Waals surface area contributed by atoms with E-state index in [1.807, 2.05) is 97.1 Å². The predicted molar refractivity (Wildman–Crippen MR) is 268 cm³/mol. The number of amides is 4. The van der Waals surface area contributed by atoms with Crippen LogP contribution in [0.1, 0.15) is 48.9 Å². The highest BCUT2D eigenvalue weighted by Crippen LogP contribution is 2.33. The van der Waals surface area contributed by atoms with Crippen molar-refractivity contribution in [1.29, 1.82) is 0 Å². The van der Waals surface area contributed by atoms with E-state index in [-0.39, 0.29) is 23.6 Å². The van der Waals surface area contributed by atoms with Crippen LogP contribution in [0.15, 0.2) is 178 Å². The third-order valence-electron chi connectivity index (χ3n) is 13.5. The van der Waals surface area contributed by atoms with E-state index >= 15 is 0 Å². The molecular weight excluding hydrogens is 899 g/mol. The van der Waals surface area contributed by atoms with E-state index in [4.69, 9.17) is 4.42 Å². The third kappa shape index (κ3) is 8.49. The zero-order valence-corrected chi connectivity index (χ0v) is 38.2. The molecule has 4 atom stereocenters. The molecule has 16 nitrogen and oxygen atoms in total. The van der Waals surface area contributed by atoms with Crippen molar-refractivity contribution >= 4 is 57.1 Å². The average Bonchev–Trinajstić information content (AvgIpc) is 4.27. The summed E-state index contributed by atoms with van der Waals surface area (Å²) in [6.45, 7) is 0.744. The minimum Gasteiger partial charge on any atom is -0.436 e. The second kappa shape index (κ2) is 18.8. The van der Waals surface area contributed by atoms with Gasteiger partial charge in [-0.05, 0) is 110 Å². The average molecular weight is 946 g/mol. The fourth-order valence-corrected chi connectivity index (χ4v) is 10.1. The molecule has 0 saturated carbocycles. The Labute approximate surface area is 405 Å². The van der Waals surface area contributed by atoms with E-state index < -0.39 is 35.5 Å². The Morgan fingerprint density at radius 3 is 1.42 bits per heavy atom. The van der Waals surface area contributed by atoms with Crippen molar-refractivity contribution < 1.29 is 23.6 Å². The molecule has 0 radical (unpaired) electrons. The van der Waals surface area contributed by atoms with Gasteiger partial charge in [-0.2, -0.15) is 0 Å². The van der Waals surface area contributed by atoms with E-state index in [0.717, 1.165) is 5.56 Å². The van der Waals surface area contributed by atoms with Gasteiger partial charge in [-0.25, -0.2) is 14.6 Å². The van der Waals surface area contributed by atoms with Crippen molar-refractivity contribution in [3.05, 3.63) is 196 Å². The molecule has 9 aromatic rings. The Morgan fingerprint density at radius 1 is 0.535 bits per heavy atom. The van der Waals surface area contributed by atoms with Crippen molar-refractivity contribution in [2.75, 3.05) is 23.7 Å². The summed E-state index contributed by atoms with van der Waals surface area (Å²) in [4.78, 5) is 96.8. The number of anilines is 2. The summed E-state index contributed by atoms with van der Waals surface area (Å²) in [5, 5.41) is 5.97. The van der Waals surface area contributed by atoms with E-state index in [1.54, 1.807) is 76.7 Å². The van der Waals surface area contributed by atoms with Gasteiger partial charge in [0.15, 0.2) is 5.76 Å². The minimum atomic E-state index is -0.976. The van der Waals surface area contributed by atoms with Crippen LogP contribution in [-0.2, 0) is 19.2 Å². The van der Waals surface area contributed by atoms with Gasteiger partial charge in [-0.1, -0.05) is 84.9 Å². The molecule has 354 valence electrons. The summed E-state index contributed by atoms with van der Waals surface area (Å²) in [7, 11) is 0. The molecule has 2 fully saturated rings. The summed E-state index contributed by atoms with van der Waals surface area (Å²) in [6.07, 6.45) is 3.82. The number of para-hydroxylation sites is 4. The minimum absolute atomic E-state index is 0.325. The van der Waals surface area contributed by atoms with Gasteiger partial charge in [-0.15, -0.1) is 0 Å². The zero-order valence-electron chi connectivity index (χ0n) is 38.2. The van der Waals surface area contributed by atoms with Crippen LogP contribution in [0.3, 0.4) is 0 Å². The summed E-state index contributed by atoms with van der Waals surface area (Å²) < 4.78 is 9.11. The van der Waals surface area contributed by atoms with Crippen molar-refractivity contribution in [1.82, 2.24) is 33.9 Å². The van der Waals surface area contributed by atoms with Gasteiger partial charge in [0, 0.05) is 35.6 Å². The number of H-pyrrole nitrogens is 2. The van der Waals surface area contributed by atoms with Crippen LogP contribution < -0.4 is 22.0 Å². The number of carbonyl (C=O) groups is 4. The molecule has 6 aromatic carbocycles. The van der Waals surface area contributed by atoms with Crippen LogP contribution in [-0.4, -0.2) is 82.7 Å². The van der Waals surface area contributed by atoms with Crippen LogP contribution in [0.5, 0.6) is 0 Å². The Hall–Kier alpha value is -9.05. The highest BCUT2D eigenvalue weighted by molar-refractivity contribution is 6.00. The number of likely N-dealkylation sites (tertiary alicyclic amines) is 2. The number of nitrogens with one attached hydrogen (secondary N) is 4. The number of oxazole rings is 1. The fourth-order valence-electron chi connectivity index (χ4n) is 10.1. The van der Waals surface area contributed by atoms with Gasteiger partial charge in [-0.3, -0.25) is 28.3 Å². The number of carbonyl (C=O) groups excluding carboxylic acids is 4. The summed E-state index contributed by atoms with van der Waals surface area (Å²) in [5.41, 5.74) is 5.34. The van der Waals surface area contributed by atoms with Crippen LogP contribution in [0.25, 0.3) is 44.8 Å². The number of hydrogen-bond donors (Lipinski definition) is 4. The molecule has 0 spiro atoms. The van der Waals surface area contributed by atoms with Crippen LogP contribution in [0.4, 0.5) is 11.4 Å². The second-order valence-electron chi connectivity index (χ2n) is 17.8. The van der Waals surface area contributed by atoms with Gasteiger partial charge in [0.1, 0.15) is 24.2 Å². The molecule has 5 heterocycles. The Balaban J connectivity index is 0.739. The first-order valence-electron chi connectivity index (χ1n) is 23.6. The van der Waals surface area contributed by atoms with Crippen molar-refractivity contribution in [2.45, 2.75) is 49.9 Å². The Morgan fingerprint density at radius 2 is 0.958 bits per heavy atom. The van der Waals surface area contributed by atoms with Gasteiger partial charge in [0.2, 0.25) is 17.7 Å². The smallest absolute Gasteiger partial charge is 0.327 e. The third-order valence-corrected chi connectivity index (χ3v) is 13.5. The first-order valence-corrected chi connectivity index (χ1v) is 23.6. The summed E-state index contributed by atoms with van der Waals surface area (Å²) >= 11 is 0. The lowest BCUT2D eigenvalue weighted by Crippen LogP contribution is -2.47. The quantitative estimate of drug-likeness (QED) is 0.0953. The Kier molecular flexibility index (Phi) is 11.8. The first kappa shape index (κ1) is 44.5. The molecular formula is C55H47N9O7. The largest absolute Gasteiger partial charge is 0.436 e. The molecule has 4 N–H and O–H groups in total. The van der Waals surface area contributed by atoms with E-state index in [1.165, 1.54) is 9.13 Å². The van der Waals surface area contributed by atoms with E-state index in [9.17, 15) is 28.8 Å². The number of hydrogen-bond acceptors (Lipinski definition) is 8. The van der Waals surface area contributed by atoms with Crippen molar-refractivity contribution in [3.8, 4) is 22.8 Å². The number of rotatable bonds is 12. The molecule has 0 bridgehead atoms. The lowest BCUT2D eigenvalue weighted by molar-refractivity contribution is -0.138. The molecule has 2 aliphatic rings. The van der Waals surface area contributed by atoms with Gasteiger partial charge in [0.05, 0.1) is 28.3 Å². The lowest BCUT2D eigenvalue weighted by Gasteiger charge is -2.29. The molecule has 16 heteroatoms. The van der Waals surface area contributed by atoms with E-state index in [2.05, 4.69) is 25.6 Å². The van der Waals surface area contributed by atoms with Crippen LogP contribution >= 0.6 is 0 Å². The number of aromatic nitrogens is 5. The Bertz CT molecular complexity index is 3330. The molecule has 3 aromatic heterocycles. The molecule has 2 aliphatic heterocycles. The molecule has 4 unspecified atom stereocenters. The van der Waals surface area contributed by atoms with Gasteiger partial charge >= 0.3 is 11.4 Å². The molecule has 0 aliphatic carbocycles. The zero-order chi connectivity index (χ0) is 48.6. The number of fused-ring (bicyclic) bond motifs is 2. The van der Waals surface area contributed by atoms with Crippen molar-refractivity contribution in [3.63, 3.8) is 0 Å². The molecule has 4 amide bonds. The number of benzene rings is 6. The first-order chi connectivity index (χ1) is 34.7. The second-order valence-corrected chi connectivity index (χ2v) is 17.8. The van der Waals surface area contributed by atoms with Gasteiger partial charge in [0.25, 0.3) is 11.8 Å². The molecule has 71 heavy (non-hydrogen) atoms. The maximum absolute atomic E-state index is 14.5. The van der Waals surface area contributed by atoms with E-state index in [0.29, 0.717) is 101 Å². The number of imidazole rings is 2.